The topological polar surface area (TPSA) is 32.3 Å². The largest absolute Gasteiger partial charge is 0.393 e. The number of carbonyl (C=O) groups is 1. The van der Waals surface area contributed by atoms with Gasteiger partial charge in [-0.05, 0) is 32.7 Å². The van der Waals surface area contributed by atoms with E-state index in [1.54, 1.807) is 4.90 Å². The summed E-state index contributed by atoms with van der Waals surface area (Å²) in [5.74, 6) is -1.48. The van der Waals surface area contributed by atoms with Crippen molar-refractivity contribution in [2.75, 3.05) is 19.6 Å². The summed E-state index contributed by atoms with van der Waals surface area (Å²) in [6.07, 6.45) is -2.66. The van der Waals surface area contributed by atoms with Crippen molar-refractivity contribution < 1.29 is 18.0 Å². The van der Waals surface area contributed by atoms with Crippen LogP contribution >= 0.6 is 0 Å². The van der Waals surface area contributed by atoms with Crippen LogP contribution in [0.3, 0.4) is 0 Å². The lowest BCUT2D eigenvalue weighted by molar-refractivity contribution is -0.187. The lowest BCUT2D eigenvalue weighted by Crippen LogP contribution is -2.47. The minimum atomic E-state index is -4.15. The minimum Gasteiger partial charge on any atom is -0.353 e. The number of likely N-dealkylation sites (tertiary alicyclic amines) is 1. The van der Waals surface area contributed by atoms with Crippen LogP contribution in [0.4, 0.5) is 13.2 Å². The predicted octanol–water partition coefficient (Wildman–Crippen LogP) is 2.18. The number of hydrogen-bond acceptors (Lipinski definition) is 2. The van der Waals surface area contributed by atoms with Crippen LogP contribution in [-0.4, -0.2) is 42.7 Å². The Hall–Kier alpha value is -0.780. The molecule has 0 spiro atoms. The Balaban J connectivity index is 2.41. The lowest BCUT2D eigenvalue weighted by Gasteiger charge is -2.33. The molecule has 0 bridgehead atoms. The maximum atomic E-state index is 12.6. The Morgan fingerprint density at radius 1 is 1.50 bits per heavy atom. The number of hydrogen-bond donors (Lipinski definition) is 1. The van der Waals surface area contributed by atoms with Crippen molar-refractivity contribution in [3.63, 3.8) is 0 Å². The molecule has 1 amide bonds. The first-order valence-electron chi connectivity index (χ1n) is 6.41. The van der Waals surface area contributed by atoms with Gasteiger partial charge in [-0.25, -0.2) is 0 Å². The molecule has 0 radical (unpaired) electrons. The van der Waals surface area contributed by atoms with E-state index in [0.717, 1.165) is 6.42 Å². The molecule has 1 N–H and O–H groups in total. The van der Waals surface area contributed by atoms with Crippen LogP contribution in [0.1, 0.15) is 33.1 Å². The molecule has 0 aromatic rings. The van der Waals surface area contributed by atoms with Crippen molar-refractivity contribution in [2.24, 2.45) is 5.92 Å². The maximum absolute atomic E-state index is 12.6. The Morgan fingerprint density at radius 2 is 2.17 bits per heavy atom. The average molecular weight is 266 g/mol. The molecule has 1 rings (SSSR count). The first-order chi connectivity index (χ1) is 8.32. The molecule has 0 unspecified atom stereocenters. The molecule has 0 saturated carbocycles. The van der Waals surface area contributed by atoms with Gasteiger partial charge in [-0.3, -0.25) is 9.69 Å². The summed E-state index contributed by atoms with van der Waals surface area (Å²) in [6, 6.07) is 0.0701. The summed E-state index contributed by atoms with van der Waals surface area (Å²) in [7, 11) is 0. The van der Waals surface area contributed by atoms with Gasteiger partial charge in [0.2, 0.25) is 5.91 Å². The number of alkyl halides is 3. The van der Waals surface area contributed by atoms with Crippen molar-refractivity contribution in [1.82, 2.24) is 10.2 Å². The molecule has 0 aliphatic carbocycles. The highest BCUT2D eigenvalue weighted by atomic mass is 19.4. The molecule has 18 heavy (non-hydrogen) atoms. The molecule has 1 fully saturated rings. The SMILES string of the molecule is CC[C@H](C)NC(=O)CN1CCC[C@H](C(F)(F)F)C1. The fraction of sp³-hybridized carbons (Fsp3) is 0.917. The van der Waals surface area contributed by atoms with E-state index in [1.807, 2.05) is 13.8 Å². The van der Waals surface area contributed by atoms with E-state index in [2.05, 4.69) is 5.32 Å². The fourth-order valence-electron chi connectivity index (χ4n) is 2.09. The van der Waals surface area contributed by atoms with E-state index in [9.17, 15) is 18.0 Å². The van der Waals surface area contributed by atoms with Crippen molar-refractivity contribution in [1.29, 1.82) is 0 Å². The van der Waals surface area contributed by atoms with Gasteiger partial charge >= 0.3 is 6.18 Å². The zero-order valence-corrected chi connectivity index (χ0v) is 10.9. The van der Waals surface area contributed by atoms with E-state index >= 15 is 0 Å². The van der Waals surface area contributed by atoms with Gasteiger partial charge in [0, 0.05) is 12.6 Å². The number of nitrogens with one attached hydrogen (secondary N) is 1. The van der Waals surface area contributed by atoms with Gasteiger partial charge < -0.3 is 5.32 Å². The van der Waals surface area contributed by atoms with E-state index in [0.29, 0.717) is 13.0 Å². The van der Waals surface area contributed by atoms with Crippen LogP contribution < -0.4 is 5.32 Å². The molecule has 1 aliphatic heterocycles. The quantitative estimate of drug-likeness (QED) is 0.846. The zero-order valence-electron chi connectivity index (χ0n) is 10.9. The summed E-state index contributed by atoms with van der Waals surface area (Å²) >= 11 is 0. The van der Waals surface area contributed by atoms with Crippen LogP contribution in [0.15, 0.2) is 0 Å². The smallest absolute Gasteiger partial charge is 0.353 e. The van der Waals surface area contributed by atoms with E-state index in [-0.39, 0.29) is 31.5 Å². The number of halogens is 3. The summed E-state index contributed by atoms with van der Waals surface area (Å²) in [6.45, 7) is 4.41. The highest BCUT2D eigenvalue weighted by Crippen LogP contribution is 2.32. The van der Waals surface area contributed by atoms with Gasteiger partial charge in [-0.2, -0.15) is 13.2 Å². The molecule has 106 valence electrons. The van der Waals surface area contributed by atoms with Crippen molar-refractivity contribution in [2.45, 2.75) is 45.3 Å². The van der Waals surface area contributed by atoms with Crippen molar-refractivity contribution in [3.8, 4) is 0 Å². The average Bonchev–Trinajstić information content (AvgIpc) is 2.27. The lowest BCUT2D eigenvalue weighted by atomic mass is 9.97. The van der Waals surface area contributed by atoms with Crippen LogP contribution in [0.5, 0.6) is 0 Å². The molecule has 0 aromatic carbocycles. The number of nitrogens with zero attached hydrogens (tertiary/aromatic N) is 1. The number of amides is 1. The third kappa shape index (κ3) is 4.84. The highest BCUT2D eigenvalue weighted by Gasteiger charge is 2.41. The second-order valence-electron chi connectivity index (χ2n) is 4.99. The van der Waals surface area contributed by atoms with Gasteiger partial charge in [0.05, 0.1) is 12.5 Å². The highest BCUT2D eigenvalue weighted by molar-refractivity contribution is 5.78. The van der Waals surface area contributed by atoms with Gasteiger partial charge in [-0.1, -0.05) is 6.92 Å². The molecular formula is C12H21F3N2O. The fourth-order valence-corrected chi connectivity index (χ4v) is 2.09. The van der Waals surface area contributed by atoms with Gasteiger partial charge in [0.15, 0.2) is 0 Å². The Bertz CT molecular complexity index is 281. The number of carbonyl (C=O) groups excluding carboxylic acids is 1. The van der Waals surface area contributed by atoms with Crippen LogP contribution in [0.25, 0.3) is 0 Å². The molecule has 1 saturated heterocycles. The molecule has 1 aliphatic rings. The first kappa shape index (κ1) is 15.3. The Kier molecular flexibility index (Phi) is 5.44. The molecule has 1 heterocycles. The van der Waals surface area contributed by atoms with Crippen LogP contribution in [0, 0.1) is 5.92 Å². The summed E-state index contributed by atoms with van der Waals surface area (Å²) in [4.78, 5) is 13.2. The second kappa shape index (κ2) is 6.41. The summed E-state index contributed by atoms with van der Waals surface area (Å²) in [5.41, 5.74) is 0. The van der Waals surface area contributed by atoms with Crippen LogP contribution in [0.2, 0.25) is 0 Å². The molecule has 2 atom stereocenters. The molecule has 0 aromatic heterocycles. The zero-order chi connectivity index (χ0) is 13.8. The van der Waals surface area contributed by atoms with Gasteiger partial charge in [0.1, 0.15) is 0 Å². The van der Waals surface area contributed by atoms with Gasteiger partial charge in [-0.15, -0.1) is 0 Å². The van der Waals surface area contributed by atoms with E-state index in [1.165, 1.54) is 0 Å². The number of piperidine rings is 1. The standard InChI is InChI=1S/C12H21F3N2O/c1-3-9(2)16-11(18)8-17-6-4-5-10(7-17)12(13,14)15/h9-10H,3-8H2,1-2H3,(H,16,18)/t9-,10-/m0/s1. The van der Waals surface area contributed by atoms with Gasteiger partial charge in [0.25, 0.3) is 0 Å². The number of rotatable bonds is 4. The van der Waals surface area contributed by atoms with E-state index in [4.69, 9.17) is 0 Å². The maximum Gasteiger partial charge on any atom is 0.393 e. The third-order valence-corrected chi connectivity index (χ3v) is 3.36. The third-order valence-electron chi connectivity index (χ3n) is 3.36. The monoisotopic (exact) mass is 266 g/mol. The Morgan fingerprint density at radius 3 is 2.72 bits per heavy atom. The molecular weight excluding hydrogens is 245 g/mol. The summed E-state index contributed by atoms with van der Waals surface area (Å²) < 4.78 is 37.8. The molecule has 6 heteroatoms. The van der Waals surface area contributed by atoms with Crippen molar-refractivity contribution >= 4 is 5.91 Å². The normalized spacial score (nSPS) is 23.7. The van der Waals surface area contributed by atoms with Crippen LogP contribution in [-0.2, 0) is 4.79 Å². The Labute approximate surface area is 106 Å². The summed E-state index contributed by atoms with van der Waals surface area (Å²) in [5, 5.41) is 2.77. The second-order valence-corrected chi connectivity index (χ2v) is 4.99. The first-order valence-corrected chi connectivity index (χ1v) is 6.41. The predicted molar refractivity (Wildman–Crippen MR) is 63.1 cm³/mol. The van der Waals surface area contributed by atoms with E-state index < -0.39 is 12.1 Å². The molecule has 3 nitrogen and oxygen atoms in total. The minimum absolute atomic E-state index is 0.0581. The van der Waals surface area contributed by atoms with Crippen molar-refractivity contribution in [3.05, 3.63) is 0 Å².